The second-order valence-corrected chi connectivity index (χ2v) is 6.66. The average molecular weight is 346 g/mol. The molecular weight excluding hydrogens is 338 g/mol. The smallest absolute Gasteiger partial charge is 0.212 e. The lowest BCUT2D eigenvalue weighted by atomic mass is 10.2. The van der Waals surface area contributed by atoms with Crippen LogP contribution in [-0.2, 0) is 0 Å². The summed E-state index contributed by atoms with van der Waals surface area (Å²) in [7, 11) is 0. The number of fused-ring (bicyclic) bond motifs is 1. The van der Waals surface area contributed by atoms with Crippen molar-refractivity contribution in [2.24, 2.45) is 0 Å². The van der Waals surface area contributed by atoms with Gasteiger partial charge in [0.1, 0.15) is 22.2 Å². The highest BCUT2D eigenvalue weighted by Gasteiger charge is 2.11. The molecule has 0 aliphatic carbocycles. The Balaban J connectivity index is 1.63. The van der Waals surface area contributed by atoms with Gasteiger partial charge < -0.3 is 5.32 Å². The topological polar surface area (TPSA) is 50.7 Å². The van der Waals surface area contributed by atoms with E-state index in [4.69, 9.17) is 0 Å². The fourth-order valence-corrected chi connectivity index (χ4v) is 3.75. The lowest BCUT2D eigenvalue weighted by Crippen LogP contribution is -1.88. The first-order valence-electron chi connectivity index (χ1n) is 6.60. The van der Waals surface area contributed by atoms with Crippen LogP contribution in [0.3, 0.4) is 0 Å². The lowest BCUT2D eigenvalue weighted by Gasteiger charge is -1.95. The van der Waals surface area contributed by atoms with Crippen LogP contribution in [0.2, 0.25) is 0 Å². The van der Waals surface area contributed by atoms with Crippen LogP contribution >= 0.6 is 22.7 Å². The summed E-state index contributed by atoms with van der Waals surface area (Å²) >= 11 is 2.61. The van der Waals surface area contributed by atoms with Gasteiger partial charge in [0.05, 0.1) is 4.70 Å². The molecule has 4 aromatic rings. The maximum absolute atomic E-state index is 13.7. The fourth-order valence-electron chi connectivity index (χ4n) is 2.07. The van der Waals surface area contributed by atoms with E-state index in [1.807, 2.05) is 0 Å². The Bertz CT molecular complexity index is 996. The second kappa shape index (κ2) is 5.64. The number of rotatable bonds is 3. The van der Waals surface area contributed by atoms with E-state index in [1.54, 1.807) is 24.3 Å². The number of benzene rings is 2. The van der Waals surface area contributed by atoms with E-state index < -0.39 is 0 Å². The maximum Gasteiger partial charge on any atom is 0.212 e. The molecule has 0 saturated heterocycles. The lowest BCUT2D eigenvalue weighted by molar-refractivity contribution is 0.628. The van der Waals surface area contributed by atoms with Crippen molar-refractivity contribution >= 4 is 43.2 Å². The van der Waals surface area contributed by atoms with E-state index in [9.17, 15) is 8.78 Å². The first-order chi connectivity index (χ1) is 11.2. The summed E-state index contributed by atoms with van der Waals surface area (Å²) in [6, 6.07) is 11.0. The SMILES string of the molecule is Fc1cccc(-c2nnc(Nc3nc4c(F)cccc4s3)s2)c1. The molecule has 0 fully saturated rings. The van der Waals surface area contributed by atoms with Gasteiger partial charge in [0.25, 0.3) is 0 Å². The van der Waals surface area contributed by atoms with Gasteiger partial charge in [-0.25, -0.2) is 13.8 Å². The van der Waals surface area contributed by atoms with Crippen molar-refractivity contribution in [3.8, 4) is 10.6 Å². The minimum Gasteiger partial charge on any atom is -0.306 e. The summed E-state index contributed by atoms with van der Waals surface area (Å²) < 4.78 is 27.7. The molecule has 0 saturated carbocycles. The molecule has 0 radical (unpaired) electrons. The fraction of sp³-hybridized carbons (Fsp3) is 0. The number of para-hydroxylation sites is 1. The number of nitrogens with one attached hydrogen (secondary N) is 1. The molecule has 0 aliphatic heterocycles. The largest absolute Gasteiger partial charge is 0.306 e. The van der Waals surface area contributed by atoms with E-state index in [2.05, 4.69) is 20.5 Å². The molecule has 2 heterocycles. The van der Waals surface area contributed by atoms with Crippen LogP contribution in [0.25, 0.3) is 20.8 Å². The van der Waals surface area contributed by atoms with E-state index in [-0.39, 0.29) is 11.6 Å². The number of hydrogen-bond donors (Lipinski definition) is 1. The number of hydrogen-bond acceptors (Lipinski definition) is 6. The van der Waals surface area contributed by atoms with Crippen molar-refractivity contribution in [2.45, 2.75) is 0 Å². The molecule has 4 nitrogen and oxygen atoms in total. The Hall–Kier alpha value is -2.45. The van der Waals surface area contributed by atoms with Gasteiger partial charge in [-0.3, -0.25) is 0 Å². The summed E-state index contributed by atoms with van der Waals surface area (Å²) in [5.41, 5.74) is 0.987. The van der Waals surface area contributed by atoms with Crippen LogP contribution in [0.5, 0.6) is 0 Å². The summed E-state index contributed by atoms with van der Waals surface area (Å²) in [4.78, 5) is 4.21. The highest BCUT2D eigenvalue weighted by molar-refractivity contribution is 7.23. The summed E-state index contributed by atoms with van der Waals surface area (Å²) in [5.74, 6) is -0.682. The molecule has 0 amide bonds. The average Bonchev–Trinajstić information content (AvgIpc) is 3.15. The molecule has 0 spiro atoms. The van der Waals surface area contributed by atoms with Crippen molar-refractivity contribution in [2.75, 3.05) is 5.32 Å². The molecule has 8 heteroatoms. The van der Waals surface area contributed by atoms with Gasteiger partial charge in [0.15, 0.2) is 5.13 Å². The van der Waals surface area contributed by atoms with Gasteiger partial charge in [-0.05, 0) is 24.3 Å². The molecule has 0 atom stereocenters. The third kappa shape index (κ3) is 2.78. The van der Waals surface area contributed by atoms with Crippen molar-refractivity contribution in [3.05, 3.63) is 54.1 Å². The number of halogens is 2. The Kier molecular flexibility index (Phi) is 3.47. The van der Waals surface area contributed by atoms with Gasteiger partial charge in [0, 0.05) is 5.56 Å². The van der Waals surface area contributed by atoms with Gasteiger partial charge in [0.2, 0.25) is 5.13 Å². The summed E-state index contributed by atoms with van der Waals surface area (Å²) in [6.07, 6.45) is 0. The highest BCUT2D eigenvalue weighted by Crippen LogP contribution is 2.32. The Morgan fingerprint density at radius 2 is 1.78 bits per heavy atom. The minimum absolute atomic E-state index is 0.325. The molecule has 0 bridgehead atoms. The predicted molar refractivity (Wildman–Crippen MR) is 88.2 cm³/mol. The second-order valence-electron chi connectivity index (χ2n) is 4.65. The van der Waals surface area contributed by atoms with Gasteiger partial charge in [-0.2, -0.15) is 0 Å². The zero-order valence-corrected chi connectivity index (χ0v) is 13.1. The molecule has 0 unspecified atom stereocenters. The number of nitrogens with zero attached hydrogens (tertiary/aromatic N) is 3. The molecule has 2 aromatic heterocycles. The van der Waals surface area contributed by atoms with Crippen LogP contribution in [-0.4, -0.2) is 15.2 Å². The predicted octanol–water partition coefficient (Wildman–Crippen LogP) is 4.84. The van der Waals surface area contributed by atoms with Crippen LogP contribution in [0.1, 0.15) is 0 Å². The third-order valence-electron chi connectivity index (χ3n) is 3.08. The Morgan fingerprint density at radius 3 is 2.61 bits per heavy atom. The van der Waals surface area contributed by atoms with Crippen molar-refractivity contribution in [1.29, 1.82) is 0 Å². The van der Waals surface area contributed by atoms with Gasteiger partial charge >= 0.3 is 0 Å². The standard InChI is InChI=1S/C15H8F2N4S2/c16-9-4-1-3-8(7-9)13-20-21-15(23-13)19-14-18-12-10(17)5-2-6-11(12)22-14/h1-7H,(H,18,19,21). The van der Waals surface area contributed by atoms with Crippen molar-refractivity contribution < 1.29 is 8.78 Å². The Morgan fingerprint density at radius 1 is 0.913 bits per heavy atom. The monoisotopic (exact) mass is 346 g/mol. The van der Waals surface area contributed by atoms with E-state index in [1.165, 1.54) is 40.9 Å². The first kappa shape index (κ1) is 14.2. The molecule has 23 heavy (non-hydrogen) atoms. The number of thiazole rings is 1. The Labute approximate surface area is 137 Å². The number of anilines is 2. The van der Waals surface area contributed by atoms with Crippen LogP contribution in [0.4, 0.5) is 19.0 Å². The first-order valence-corrected chi connectivity index (χ1v) is 8.24. The zero-order chi connectivity index (χ0) is 15.8. The highest BCUT2D eigenvalue weighted by atomic mass is 32.1. The molecular formula is C15H8F2N4S2. The minimum atomic E-state index is -0.357. The quantitative estimate of drug-likeness (QED) is 0.577. The number of aromatic nitrogens is 3. The van der Waals surface area contributed by atoms with Crippen LogP contribution in [0, 0.1) is 11.6 Å². The maximum atomic E-state index is 13.7. The summed E-state index contributed by atoms with van der Waals surface area (Å²) in [5, 5.41) is 12.7. The van der Waals surface area contributed by atoms with Crippen LogP contribution < -0.4 is 5.32 Å². The van der Waals surface area contributed by atoms with Crippen molar-refractivity contribution in [1.82, 2.24) is 15.2 Å². The van der Waals surface area contributed by atoms with Gasteiger partial charge in [-0.15, -0.1) is 10.2 Å². The molecule has 4 rings (SSSR count). The molecule has 114 valence electrons. The van der Waals surface area contributed by atoms with E-state index >= 15 is 0 Å². The van der Waals surface area contributed by atoms with E-state index in [0.717, 1.165) is 4.70 Å². The van der Waals surface area contributed by atoms with E-state index in [0.29, 0.717) is 26.4 Å². The molecule has 1 N–H and O–H groups in total. The molecule has 0 aliphatic rings. The van der Waals surface area contributed by atoms with Gasteiger partial charge in [-0.1, -0.05) is 40.9 Å². The third-order valence-corrected chi connectivity index (χ3v) is 4.90. The normalized spacial score (nSPS) is 11.0. The van der Waals surface area contributed by atoms with Crippen LogP contribution in [0.15, 0.2) is 42.5 Å². The summed E-state index contributed by atoms with van der Waals surface area (Å²) in [6.45, 7) is 0. The van der Waals surface area contributed by atoms with Crippen molar-refractivity contribution in [3.63, 3.8) is 0 Å². The zero-order valence-electron chi connectivity index (χ0n) is 11.5. The molecule has 2 aromatic carbocycles.